The summed E-state index contributed by atoms with van der Waals surface area (Å²) in [7, 11) is 6.52. The van der Waals surface area contributed by atoms with Crippen molar-refractivity contribution in [1.82, 2.24) is 0 Å². The molecule has 0 amide bonds. The van der Waals surface area contributed by atoms with Crippen molar-refractivity contribution in [3.05, 3.63) is 47.6 Å². The van der Waals surface area contributed by atoms with Crippen LogP contribution in [0.15, 0.2) is 47.6 Å². The summed E-state index contributed by atoms with van der Waals surface area (Å²) in [4.78, 5) is 0. The zero-order valence-electron chi connectivity index (χ0n) is 8.95. The van der Waals surface area contributed by atoms with Gasteiger partial charge in [0.15, 0.2) is 0 Å². The molecule has 0 saturated heterocycles. The third-order valence-corrected chi connectivity index (χ3v) is 2.46. The van der Waals surface area contributed by atoms with E-state index in [9.17, 15) is 0 Å². The minimum Gasteiger partial charge on any atom is -0.464 e. The van der Waals surface area contributed by atoms with Crippen molar-refractivity contribution in [1.29, 1.82) is 0 Å². The molecule has 1 aliphatic heterocycles. The lowest BCUT2D eigenvalue weighted by atomic mass is 10.0. The van der Waals surface area contributed by atoms with Crippen molar-refractivity contribution in [3.8, 4) is 0 Å². The maximum Gasteiger partial charge on any atom is 0.142 e. The number of allylic oxidation sites excluding steroid dienone is 5. The van der Waals surface area contributed by atoms with Gasteiger partial charge >= 0.3 is 0 Å². The lowest BCUT2D eigenvalue weighted by Gasteiger charge is -2.30. The molecule has 1 aliphatic carbocycles. The minimum atomic E-state index is 0.834. The average molecular weight is 190 g/mol. The molecule has 2 nitrogen and oxygen atoms in total. The molecule has 0 unspecified atom stereocenters. The molecule has 0 atom stereocenters. The van der Waals surface area contributed by atoms with Crippen LogP contribution in [0.1, 0.15) is 6.42 Å². The second kappa shape index (κ2) is 3.14. The molecule has 0 bridgehead atoms. The molecule has 2 aliphatic rings. The molecule has 0 saturated carbocycles. The largest absolute Gasteiger partial charge is 0.464 e. The first-order valence-corrected chi connectivity index (χ1v) is 4.84. The van der Waals surface area contributed by atoms with Crippen LogP contribution in [-0.2, 0) is 4.74 Å². The zero-order valence-corrected chi connectivity index (χ0v) is 8.95. The van der Waals surface area contributed by atoms with Gasteiger partial charge in [-0.25, -0.2) is 0 Å². The van der Waals surface area contributed by atoms with Gasteiger partial charge in [-0.1, -0.05) is 12.2 Å². The zero-order chi connectivity index (χ0) is 10.2. The van der Waals surface area contributed by atoms with E-state index in [-0.39, 0.29) is 0 Å². The number of hydrogen-bond donors (Lipinski definition) is 0. The van der Waals surface area contributed by atoms with Gasteiger partial charge in [0.25, 0.3) is 0 Å². The summed E-state index contributed by atoms with van der Waals surface area (Å²) in [5.74, 6) is 0.998. The summed E-state index contributed by atoms with van der Waals surface area (Å²) in [6.07, 6.45) is 11.0. The fourth-order valence-electron chi connectivity index (χ4n) is 1.78. The molecular formula is C12H16NO+. The van der Waals surface area contributed by atoms with Crippen molar-refractivity contribution >= 4 is 0 Å². The summed E-state index contributed by atoms with van der Waals surface area (Å²) in [6.45, 7) is 0. The second-order valence-electron chi connectivity index (χ2n) is 4.46. The average Bonchev–Trinajstić information content (AvgIpc) is 2.15. The fourth-order valence-corrected chi connectivity index (χ4v) is 1.78. The molecule has 0 aromatic carbocycles. The Hall–Kier alpha value is -1.28. The lowest BCUT2D eigenvalue weighted by molar-refractivity contribution is -0.828. The molecule has 2 rings (SSSR count). The Morgan fingerprint density at radius 1 is 1.29 bits per heavy atom. The smallest absolute Gasteiger partial charge is 0.142 e. The van der Waals surface area contributed by atoms with Crippen molar-refractivity contribution in [2.24, 2.45) is 0 Å². The van der Waals surface area contributed by atoms with Gasteiger partial charge in [-0.3, -0.25) is 4.48 Å². The van der Waals surface area contributed by atoms with E-state index in [0.29, 0.717) is 0 Å². The van der Waals surface area contributed by atoms with Crippen LogP contribution >= 0.6 is 0 Å². The summed E-state index contributed by atoms with van der Waals surface area (Å²) in [5, 5.41) is 0. The van der Waals surface area contributed by atoms with E-state index in [2.05, 4.69) is 33.3 Å². The van der Waals surface area contributed by atoms with Gasteiger partial charge in [0.2, 0.25) is 0 Å². The van der Waals surface area contributed by atoms with Crippen molar-refractivity contribution in [2.75, 3.05) is 21.1 Å². The van der Waals surface area contributed by atoms with Crippen LogP contribution in [0.3, 0.4) is 0 Å². The highest BCUT2D eigenvalue weighted by Gasteiger charge is 2.25. The molecular weight excluding hydrogens is 174 g/mol. The highest BCUT2D eigenvalue weighted by atomic mass is 16.5. The van der Waals surface area contributed by atoms with Crippen molar-refractivity contribution in [3.63, 3.8) is 0 Å². The van der Waals surface area contributed by atoms with E-state index >= 15 is 0 Å². The van der Waals surface area contributed by atoms with Crippen LogP contribution in [0.5, 0.6) is 0 Å². The summed E-state index contributed by atoms with van der Waals surface area (Å²) in [6, 6.07) is 0. The number of rotatable bonds is 1. The van der Waals surface area contributed by atoms with E-state index in [1.165, 1.54) is 11.3 Å². The Morgan fingerprint density at radius 3 is 2.79 bits per heavy atom. The van der Waals surface area contributed by atoms with Gasteiger partial charge in [0, 0.05) is 12.5 Å². The quantitative estimate of drug-likeness (QED) is 0.577. The second-order valence-corrected chi connectivity index (χ2v) is 4.46. The molecule has 14 heavy (non-hydrogen) atoms. The number of hydrogen-bond acceptors (Lipinski definition) is 1. The van der Waals surface area contributed by atoms with Gasteiger partial charge in [-0.05, 0) is 6.08 Å². The number of quaternary nitrogens is 1. The Kier molecular flexibility index (Phi) is 2.08. The predicted molar refractivity (Wildman–Crippen MR) is 57.1 cm³/mol. The third kappa shape index (κ3) is 1.53. The van der Waals surface area contributed by atoms with Crippen LogP contribution in [-0.4, -0.2) is 25.6 Å². The van der Waals surface area contributed by atoms with Gasteiger partial charge in [-0.15, -0.1) is 0 Å². The maximum absolute atomic E-state index is 5.47. The SMILES string of the molecule is C[N+](C)(C)C1=C2CC=CC=C2OC=C1. The highest BCUT2D eigenvalue weighted by molar-refractivity contribution is 5.42. The standard InChI is InChI=1S/C12H16NO/c1-13(2,3)11-8-9-14-12-7-5-4-6-10(11)12/h4-5,7-9H,6H2,1-3H3/q+1. The first-order chi connectivity index (χ1) is 6.59. The van der Waals surface area contributed by atoms with E-state index in [1.807, 2.05) is 12.2 Å². The van der Waals surface area contributed by atoms with Crippen molar-refractivity contribution < 1.29 is 9.22 Å². The highest BCUT2D eigenvalue weighted by Crippen LogP contribution is 2.31. The molecule has 0 radical (unpaired) electrons. The summed E-state index contributed by atoms with van der Waals surface area (Å²) >= 11 is 0. The maximum atomic E-state index is 5.47. The van der Waals surface area contributed by atoms with Crippen LogP contribution in [0.4, 0.5) is 0 Å². The minimum absolute atomic E-state index is 0.834. The van der Waals surface area contributed by atoms with E-state index in [1.54, 1.807) is 6.26 Å². The molecule has 2 heteroatoms. The number of nitrogens with zero attached hydrogens (tertiary/aromatic N) is 1. The van der Waals surface area contributed by atoms with Crippen LogP contribution in [0, 0.1) is 0 Å². The summed E-state index contributed by atoms with van der Waals surface area (Å²) in [5.41, 5.74) is 2.63. The summed E-state index contributed by atoms with van der Waals surface area (Å²) < 4.78 is 6.30. The first kappa shape index (κ1) is 9.28. The van der Waals surface area contributed by atoms with E-state index in [0.717, 1.165) is 16.7 Å². The Balaban J connectivity index is 2.48. The van der Waals surface area contributed by atoms with E-state index < -0.39 is 0 Å². The normalized spacial score (nSPS) is 20.4. The Labute approximate surface area is 85.1 Å². The van der Waals surface area contributed by atoms with Gasteiger partial charge in [-0.2, -0.15) is 0 Å². The van der Waals surface area contributed by atoms with Gasteiger partial charge in [0.1, 0.15) is 11.5 Å². The van der Waals surface area contributed by atoms with E-state index in [4.69, 9.17) is 4.74 Å². The van der Waals surface area contributed by atoms with Gasteiger partial charge < -0.3 is 4.74 Å². The number of likely N-dealkylation sites (N-methyl/N-ethyl adjacent to an activating group) is 1. The molecule has 0 fully saturated rings. The number of fused-ring (bicyclic) bond motifs is 1. The predicted octanol–water partition coefficient (Wildman–Crippen LogP) is 2.33. The number of ether oxygens (including phenoxy) is 1. The molecule has 0 aromatic heterocycles. The Bertz CT molecular complexity index is 364. The Morgan fingerprint density at radius 2 is 2.07 bits per heavy atom. The molecule has 1 heterocycles. The van der Waals surface area contributed by atoms with Gasteiger partial charge in [0.05, 0.1) is 33.0 Å². The molecule has 0 aromatic rings. The molecule has 0 N–H and O–H groups in total. The molecule has 74 valence electrons. The monoisotopic (exact) mass is 190 g/mol. The van der Waals surface area contributed by atoms with Crippen LogP contribution in [0.2, 0.25) is 0 Å². The molecule has 0 spiro atoms. The topological polar surface area (TPSA) is 9.23 Å². The van der Waals surface area contributed by atoms with Crippen LogP contribution < -0.4 is 0 Å². The fraction of sp³-hybridized carbons (Fsp3) is 0.333. The van der Waals surface area contributed by atoms with Crippen molar-refractivity contribution in [2.45, 2.75) is 6.42 Å². The lowest BCUT2D eigenvalue weighted by Crippen LogP contribution is -2.34. The van der Waals surface area contributed by atoms with Crippen LogP contribution in [0.25, 0.3) is 0 Å². The first-order valence-electron chi connectivity index (χ1n) is 4.84. The third-order valence-electron chi connectivity index (χ3n) is 2.46.